The van der Waals surface area contributed by atoms with Crippen molar-refractivity contribution in [2.45, 2.75) is 53.4 Å². The number of hydrogen-bond acceptors (Lipinski definition) is 1. The maximum Gasteiger partial charge on any atom is 0.0328 e. The van der Waals surface area contributed by atoms with Crippen LogP contribution in [-0.2, 0) is 0 Å². The Bertz CT molecular complexity index is 236. The van der Waals surface area contributed by atoms with Crippen molar-refractivity contribution in [2.24, 2.45) is 10.9 Å². The predicted molar refractivity (Wildman–Crippen MR) is 70.4 cm³/mol. The Hall–Kier alpha value is -0.850. The fourth-order valence-electron chi connectivity index (χ4n) is 1.50. The number of nitrogens with zero attached hydrogens (tertiary/aromatic N) is 1. The predicted octanol–water partition coefficient (Wildman–Crippen LogP) is 4.75. The van der Waals surface area contributed by atoms with E-state index in [1.807, 2.05) is 0 Å². The van der Waals surface area contributed by atoms with E-state index in [1.54, 1.807) is 0 Å². The molecule has 0 aliphatic heterocycles. The van der Waals surface area contributed by atoms with Crippen molar-refractivity contribution < 1.29 is 0 Å². The summed E-state index contributed by atoms with van der Waals surface area (Å²) < 4.78 is 0. The quantitative estimate of drug-likeness (QED) is 0.422. The summed E-state index contributed by atoms with van der Waals surface area (Å²) in [6.07, 6.45) is 8.66. The molecule has 15 heavy (non-hydrogen) atoms. The zero-order valence-electron chi connectivity index (χ0n) is 10.7. The summed E-state index contributed by atoms with van der Waals surface area (Å²) in [5.41, 5.74) is 2.30. The van der Waals surface area contributed by atoms with Gasteiger partial charge in [0.25, 0.3) is 0 Å². The molecule has 0 saturated heterocycles. The molecule has 0 aromatic rings. The van der Waals surface area contributed by atoms with Gasteiger partial charge in [0, 0.05) is 11.4 Å². The molecule has 0 amide bonds. The van der Waals surface area contributed by atoms with Crippen molar-refractivity contribution in [3.63, 3.8) is 0 Å². The largest absolute Gasteiger partial charge is 0.263 e. The molecule has 0 rings (SSSR count). The molecule has 0 bridgehead atoms. The summed E-state index contributed by atoms with van der Waals surface area (Å²) in [4.78, 5) is 4.59. The van der Waals surface area contributed by atoms with Crippen LogP contribution in [0.1, 0.15) is 53.4 Å². The Morgan fingerprint density at radius 1 is 1.33 bits per heavy atom. The fraction of sp³-hybridized carbons (Fsp3) is 0.643. The average Bonchev–Trinajstić information content (AvgIpc) is 2.25. The molecule has 0 fully saturated rings. The Balaban J connectivity index is 4.26. The highest BCUT2D eigenvalue weighted by atomic mass is 14.8. The highest BCUT2D eigenvalue weighted by molar-refractivity contribution is 5.87. The van der Waals surface area contributed by atoms with Crippen LogP contribution in [-0.4, -0.2) is 5.71 Å². The molecular weight excluding hydrogens is 182 g/mol. The van der Waals surface area contributed by atoms with Crippen LogP contribution in [0.2, 0.25) is 0 Å². The molecule has 0 N–H and O–H groups in total. The number of allylic oxidation sites excluding steroid dienone is 3. The van der Waals surface area contributed by atoms with Gasteiger partial charge in [-0.1, -0.05) is 39.5 Å². The lowest BCUT2D eigenvalue weighted by Gasteiger charge is -2.12. The summed E-state index contributed by atoms with van der Waals surface area (Å²) in [6, 6.07) is 0. The summed E-state index contributed by atoms with van der Waals surface area (Å²) in [5, 5.41) is 0. The standard InChI is InChI=1S/C14H25N/c1-6-9-10-11-12(4)14(8-3)15-13(5)7-2/h6,9,12H,5,7-8,10-11H2,1-4H3/b9-6-,15-14?. The molecule has 0 spiro atoms. The third-order valence-electron chi connectivity index (χ3n) is 2.64. The third kappa shape index (κ3) is 6.27. The highest BCUT2D eigenvalue weighted by Crippen LogP contribution is 2.13. The van der Waals surface area contributed by atoms with E-state index in [-0.39, 0.29) is 0 Å². The molecule has 0 aromatic carbocycles. The monoisotopic (exact) mass is 207 g/mol. The lowest BCUT2D eigenvalue weighted by atomic mass is 9.97. The van der Waals surface area contributed by atoms with Gasteiger partial charge in [0.15, 0.2) is 0 Å². The zero-order valence-corrected chi connectivity index (χ0v) is 10.7. The van der Waals surface area contributed by atoms with E-state index < -0.39 is 0 Å². The van der Waals surface area contributed by atoms with Crippen LogP contribution < -0.4 is 0 Å². The molecule has 0 radical (unpaired) electrons. The molecule has 0 heterocycles. The van der Waals surface area contributed by atoms with Crippen molar-refractivity contribution in [3.8, 4) is 0 Å². The van der Waals surface area contributed by atoms with Crippen molar-refractivity contribution in [3.05, 3.63) is 24.4 Å². The minimum atomic E-state index is 0.578. The van der Waals surface area contributed by atoms with Gasteiger partial charge in [0.1, 0.15) is 0 Å². The van der Waals surface area contributed by atoms with Crippen LogP contribution in [0.3, 0.4) is 0 Å². The first kappa shape index (κ1) is 14.2. The minimum Gasteiger partial charge on any atom is -0.263 e. The Morgan fingerprint density at radius 2 is 2.00 bits per heavy atom. The molecule has 1 heteroatoms. The second kappa shape index (κ2) is 8.46. The van der Waals surface area contributed by atoms with Gasteiger partial charge in [-0.2, -0.15) is 0 Å². The van der Waals surface area contributed by atoms with Crippen molar-refractivity contribution in [1.82, 2.24) is 0 Å². The van der Waals surface area contributed by atoms with Crippen LogP contribution in [0.5, 0.6) is 0 Å². The minimum absolute atomic E-state index is 0.578. The summed E-state index contributed by atoms with van der Waals surface area (Å²) in [6.45, 7) is 12.5. The first-order chi connectivity index (χ1) is 7.15. The molecule has 1 unspecified atom stereocenters. The van der Waals surface area contributed by atoms with Gasteiger partial charge in [0.05, 0.1) is 0 Å². The summed E-state index contributed by atoms with van der Waals surface area (Å²) in [5.74, 6) is 0.578. The van der Waals surface area contributed by atoms with Crippen LogP contribution in [0.4, 0.5) is 0 Å². The average molecular weight is 207 g/mol. The van der Waals surface area contributed by atoms with E-state index in [0.29, 0.717) is 5.92 Å². The number of rotatable bonds is 7. The topological polar surface area (TPSA) is 12.4 Å². The molecule has 1 atom stereocenters. The van der Waals surface area contributed by atoms with Crippen LogP contribution in [0.25, 0.3) is 0 Å². The molecule has 0 aromatic heterocycles. The SMILES string of the molecule is C=C(CC)N=C(CC)C(C)CC/C=C\C. The van der Waals surface area contributed by atoms with Gasteiger partial charge in [-0.15, -0.1) is 0 Å². The number of aliphatic imine (C=N–C) groups is 1. The van der Waals surface area contributed by atoms with E-state index in [4.69, 9.17) is 0 Å². The van der Waals surface area contributed by atoms with E-state index in [2.05, 4.69) is 51.4 Å². The maximum atomic E-state index is 4.59. The first-order valence-electron chi connectivity index (χ1n) is 6.02. The van der Waals surface area contributed by atoms with Gasteiger partial charge >= 0.3 is 0 Å². The summed E-state index contributed by atoms with van der Waals surface area (Å²) in [7, 11) is 0. The Morgan fingerprint density at radius 3 is 2.47 bits per heavy atom. The summed E-state index contributed by atoms with van der Waals surface area (Å²) >= 11 is 0. The Labute approximate surface area is 95.0 Å². The van der Waals surface area contributed by atoms with Crippen molar-refractivity contribution in [2.75, 3.05) is 0 Å². The lowest BCUT2D eigenvalue weighted by Crippen LogP contribution is -2.10. The number of hydrogen-bond donors (Lipinski definition) is 0. The fourth-order valence-corrected chi connectivity index (χ4v) is 1.50. The molecule has 86 valence electrons. The molecular formula is C14H25N. The van der Waals surface area contributed by atoms with E-state index in [1.165, 1.54) is 12.1 Å². The van der Waals surface area contributed by atoms with Gasteiger partial charge < -0.3 is 0 Å². The molecule has 0 aliphatic carbocycles. The molecule has 1 nitrogen and oxygen atoms in total. The molecule has 0 aliphatic rings. The van der Waals surface area contributed by atoms with Gasteiger partial charge in [-0.3, -0.25) is 4.99 Å². The van der Waals surface area contributed by atoms with Crippen LogP contribution in [0.15, 0.2) is 29.4 Å². The third-order valence-corrected chi connectivity index (χ3v) is 2.64. The van der Waals surface area contributed by atoms with E-state index in [0.717, 1.165) is 25.0 Å². The Kier molecular flexibility index (Phi) is 7.98. The van der Waals surface area contributed by atoms with Gasteiger partial charge in [-0.25, -0.2) is 0 Å². The first-order valence-corrected chi connectivity index (χ1v) is 6.02. The van der Waals surface area contributed by atoms with Crippen molar-refractivity contribution >= 4 is 5.71 Å². The maximum absolute atomic E-state index is 4.59. The van der Waals surface area contributed by atoms with Crippen LogP contribution >= 0.6 is 0 Å². The van der Waals surface area contributed by atoms with Crippen LogP contribution in [0, 0.1) is 5.92 Å². The highest BCUT2D eigenvalue weighted by Gasteiger charge is 2.07. The normalized spacial score (nSPS) is 14.5. The second-order valence-electron chi connectivity index (χ2n) is 3.92. The van der Waals surface area contributed by atoms with E-state index in [9.17, 15) is 0 Å². The van der Waals surface area contributed by atoms with Gasteiger partial charge in [-0.05, 0) is 38.5 Å². The van der Waals surface area contributed by atoms with Crippen molar-refractivity contribution in [1.29, 1.82) is 0 Å². The lowest BCUT2D eigenvalue weighted by molar-refractivity contribution is 0.681. The smallest absolute Gasteiger partial charge is 0.0328 e. The second-order valence-corrected chi connectivity index (χ2v) is 3.92. The zero-order chi connectivity index (χ0) is 11.7. The molecule has 0 saturated carbocycles. The van der Waals surface area contributed by atoms with Gasteiger partial charge in [0.2, 0.25) is 0 Å². The van der Waals surface area contributed by atoms with E-state index >= 15 is 0 Å².